The summed E-state index contributed by atoms with van der Waals surface area (Å²) >= 11 is 0. The summed E-state index contributed by atoms with van der Waals surface area (Å²) in [6.07, 6.45) is -1.77. The maximum atomic E-state index is 13.5. The van der Waals surface area contributed by atoms with E-state index in [4.69, 9.17) is 9.47 Å². The van der Waals surface area contributed by atoms with E-state index in [1.54, 1.807) is 6.92 Å². The van der Waals surface area contributed by atoms with Gasteiger partial charge in [-0.3, -0.25) is 19.2 Å². The van der Waals surface area contributed by atoms with E-state index in [0.29, 0.717) is 32.2 Å². The summed E-state index contributed by atoms with van der Waals surface area (Å²) in [5.41, 5.74) is -2.61. The third-order valence-electron chi connectivity index (χ3n) is 8.35. The number of carbonyl (C=O) groups is 4. The van der Waals surface area contributed by atoms with Gasteiger partial charge in [-0.25, -0.2) is 0 Å². The summed E-state index contributed by atoms with van der Waals surface area (Å²) < 4.78 is 10.3. The van der Waals surface area contributed by atoms with Crippen LogP contribution in [0.15, 0.2) is 11.1 Å². The summed E-state index contributed by atoms with van der Waals surface area (Å²) in [5, 5.41) is 22.2. The molecule has 2 N–H and O–H groups in total. The number of Topliss-reactive ketones (excluding diaryl/α,β-unsaturated/α-hetero) is 2. The fourth-order valence-electron chi connectivity index (χ4n) is 6.95. The third-order valence-corrected chi connectivity index (χ3v) is 8.35. The predicted molar refractivity (Wildman–Crippen MR) is 102 cm³/mol. The van der Waals surface area contributed by atoms with E-state index >= 15 is 0 Å². The Labute approximate surface area is 174 Å². The molecule has 1 spiro atoms. The number of carbonyl (C=O) groups excluding carboxylic acids is 4. The highest BCUT2D eigenvalue weighted by Gasteiger charge is 2.72. The van der Waals surface area contributed by atoms with Crippen LogP contribution in [0, 0.1) is 28.1 Å². The maximum absolute atomic E-state index is 13.5. The van der Waals surface area contributed by atoms with Crippen molar-refractivity contribution in [3.63, 3.8) is 0 Å². The highest BCUT2D eigenvalue weighted by atomic mass is 16.5. The van der Waals surface area contributed by atoms with Crippen LogP contribution in [0.2, 0.25) is 0 Å². The molecule has 0 aromatic carbocycles. The molecule has 0 aromatic rings. The van der Waals surface area contributed by atoms with Crippen LogP contribution in [-0.2, 0) is 28.7 Å². The first-order valence-electron chi connectivity index (χ1n) is 10.4. The van der Waals surface area contributed by atoms with Crippen molar-refractivity contribution in [3.8, 4) is 0 Å². The van der Waals surface area contributed by atoms with Gasteiger partial charge in [-0.05, 0) is 25.2 Å². The molecule has 0 heterocycles. The van der Waals surface area contributed by atoms with Crippen molar-refractivity contribution in [2.24, 2.45) is 28.1 Å². The second kappa shape index (κ2) is 6.72. The van der Waals surface area contributed by atoms with Crippen LogP contribution in [0.1, 0.15) is 46.5 Å². The molecule has 8 heteroatoms. The van der Waals surface area contributed by atoms with Crippen LogP contribution in [0.4, 0.5) is 0 Å². The van der Waals surface area contributed by atoms with E-state index in [-0.39, 0.29) is 30.1 Å². The lowest BCUT2D eigenvalue weighted by atomic mass is 9.46. The second-order valence-corrected chi connectivity index (χ2v) is 9.98. The highest BCUT2D eigenvalue weighted by Crippen LogP contribution is 2.66. The minimum absolute atomic E-state index is 0.0237. The molecule has 164 valence electrons. The zero-order chi connectivity index (χ0) is 22.1. The van der Waals surface area contributed by atoms with Gasteiger partial charge in [-0.1, -0.05) is 27.2 Å². The summed E-state index contributed by atoms with van der Waals surface area (Å²) in [6.45, 7) is 6.02. The van der Waals surface area contributed by atoms with Crippen molar-refractivity contribution in [3.05, 3.63) is 11.1 Å². The summed E-state index contributed by atoms with van der Waals surface area (Å²) in [5.74, 6) is -1.71. The van der Waals surface area contributed by atoms with Crippen LogP contribution in [-0.4, -0.2) is 59.6 Å². The highest BCUT2D eigenvalue weighted by molar-refractivity contribution is 6.19. The van der Waals surface area contributed by atoms with Crippen LogP contribution in [0.5, 0.6) is 0 Å². The topological polar surface area (TPSA) is 127 Å². The average Bonchev–Trinajstić information content (AvgIpc) is 3.37. The Morgan fingerprint density at radius 2 is 1.80 bits per heavy atom. The lowest BCUT2D eigenvalue weighted by Crippen LogP contribution is -2.64. The van der Waals surface area contributed by atoms with E-state index in [0.717, 1.165) is 0 Å². The van der Waals surface area contributed by atoms with E-state index in [1.807, 2.05) is 13.8 Å². The largest absolute Gasteiger partial charge is 0.467 e. The van der Waals surface area contributed by atoms with E-state index in [1.165, 1.54) is 0 Å². The van der Waals surface area contributed by atoms with Crippen molar-refractivity contribution in [2.45, 2.75) is 64.8 Å². The molecular weight excluding hydrogens is 392 g/mol. The molecular formula is C22H28O8. The molecule has 0 bridgehead atoms. The Balaban J connectivity index is 1.93. The number of fused-ring (bicyclic) bond motifs is 2. The smallest absolute Gasteiger partial charge is 0.293 e. The normalized spacial score (nSPS) is 47.4. The Morgan fingerprint density at radius 3 is 2.37 bits per heavy atom. The average molecular weight is 420 g/mol. The number of hydrogen-bond donors (Lipinski definition) is 2. The van der Waals surface area contributed by atoms with Gasteiger partial charge < -0.3 is 19.7 Å². The van der Waals surface area contributed by atoms with E-state index < -0.39 is 52.0 Å². The molecule has 4 aliphatic rings. The summed E-state index contributed by atoms with van der Waals surface area (Å²) in [6, 6.07) is 0. The van der Waals surface area contributed by atoms with Crippen LogP contribution >= 0.6 is 0 Å². The summed E-state index contributed by atoms with van der Waals surface area (Å²) in [4.78, 5) is 49.2. The van der Waals surface area contributed by atoms with Crippen molar-refractivity contribution in [2.75, 3.05) is 6.61 Å². The van der Waals surface area contributed by atoms with Gasteiger partial charge in [0, 0.05) is 27.9 Å². The molecule has 2 saturated carbocycles. The molecule has 8 atom stereocenters. The molecule has 0 aromatic heterocycles. The monoisotopic (exact) mass is 420 g/mol. The lowest BCUT2D eigenvalue weighted by Gasteiger charge is -2.59. The molecule has 0 amide bonds. The first-order chi connectivity index (χ1) is 14.1. The first kappa shape index (κ1) is 21.2. The van der Waals surface area contributed by atoms with Crippen molar-refractivity contribution < 1.29 is 38.9 Å². The van der Waals surface area contributed by atoms with Crippen molar-refractivity contribution in [1.82, 2.24) is 0 Å². The number of hydrogen-bond acceptors (Lipinski definition) is 8. The minimum Gasteiger partial charge on any atom is -0.467 e. The minimum atomic E-state index is -1.44. The number of aliphatic hydroxyl groups is 2. The zero-order valence-electron chi connectivity index (χ0n) is 17.4. The lowest BCUT2D eigenvalue weighted by molar-refractivity contribution is -0.172. The van der Waals surface area contributed by atoms with E-state index in [9.17, 15) is 29.4 Å². The molecule has 30 heavy (non-hydrogen) atoms. The number of ether oxygens (including phenoxy) is 2. The number of aliphatic hydroxyl groups excluding tert-OH is 2. The van der Waals surface area contributed by atoms with Gasteiger partial charge in [0.1, 0.15) is 6.10 Å². The van der Waals surface area contributed by atoms with Crippen molar-refractivity contribution >= 4 is 24.5 Å². The molecule has 4 rings (SSSR count). The van der Waals surface area contributed by atoms with Crippen LogP contribution < -0.4 is 0 Å². The first-order valence-corrected chi connectivity index (χ1v) is 10.4. The quantitative estimate of drug-likeness (QED) is 0.623. The molecule has 0 saturated heterocycles. The summed E-state index contributed by atoms with van der Waals surface area (Å²) in [7, 11) is 0. The Kier molecular flexibility index (Phi) is 4.74. The van der Waals surface area contributed by atoms with E-state index in [2.05, 4.69) is 0 Å². The van der Waals surface area contributed by atoms with Gasteiger partial charge in [0.05, 0.1) is 18.1 Å². The third kappa shape index (κ3) is 2.46. The molecule has 4 aliphatic carbocycles. The van der Waals surface area contributed by atoms with Gasteiger partial charge in [-0.15, -0.1) is 0 Å². The Bertz CT molecular complexity index is 848. The SMILES string of the molecule is C[C@@H]1C[C@@]12C(=O)C1=C(C(=O)[C@@H]2O)[C@@]2(C)CCC[C@](C)(COC=O)C2[C@H](O)[C@H]1OC=O. The Morgan fingerprint density at radius 1 is 1.13 bits per heavy atom. The van der Waals surface area contributed by atoms with Gasteiger partial charge in [0.25, 0.3) is 12.9 Å². The molecule has 8 nitrogen and oxygen atoms in total. The fourth-order valence-corrected chi connectivity index (χ4v) is 6.95. The Hall–Kier alpha value is -2.06. The molecule has 2 fully saturated rings. The van der Waals surface area contributed by atoms with Crippen LogP contribution in [0.25, 0.3) is 0 Å². The maximum Gasteiger partial charge on any atom is 0.293 e. The van der Waals surface area contributed by atoms with Crippen molar-refractivity contribution in [1.29, 1.82) is 0 Å². The fraction of sp³-hybridized carbons (Fsp3) is 0.727. The molecule has 0 radical (unpaired) electrons. The second-order valence-electron chi connectivity index (χ2n) is 9.98. The standard InChI is InChI=1S/C22H28O8/c1-11-7-22(11)18(27)12-13(14(25)19(22)28)21(3)6-4-5-20(2,8-29-9-23)17(21)15(26)16(12)30-10-24/h9-11,15-17,19,26,28H,4-8H2,1-3H3/t11-,15-,16+,17?,19+,20-,21-,22+/m1/s1. The van der Waals surface area contributed by atoms with Crippen LogP contribution in [0.3, 0.4) is 0 Å². The number of ketones is 2. The number of rotatable bonds is 5. The molecule has 0 aliphatic heterocycles. The van der Waals surface area contributed by atoms with Gasteiger partial charge in [0.2, 0.25) is 0 Å². The van der Waals surface area contributed by atoms with Gasteiger partial charge in [0.15, 0.2) is 17.7 Å². The zero-order valence-corrected chi connectivity index (χ0v) is 17.4. The van der Waals surface area contributed by atoms with Gasteiger partial charge >= 0.3 is 0 Å². The molecule has 1 unspecified atom stereocenters. The predicted octanol–water partition coefficient (Wildman–Crippen LogP) is 0.724. The van der Waals surface area contributed by atoms with Gasteiger partial charge in [-0.2, -0.15) is 0 Å².